The Morgan fingerprint density at radius 1 is 0.935 bits per heavy atom. The fraction of sp³-hybridized carbons (Fsp3) is 0.143. The van der Waals surface area contributed by atoms with Gasteiger partial charge in [-0.1, -0.05) is 41.0 Å². The van der Waals surface area contributed by atoms with Crippen molar-refractivity contribution in [1.82, 2.24) is 14.8 Å². The molecule has 3 aromatic rings. The van der Waals surface area contributed by atoms with Crippen molar-refractivity contribution in [2.45, 2.75) is 18.1 Å². The lowest BCUT2D eigenvalue weighted by atomic mass is 10.3. The van der Waals surface area contributed by atoms with Crippen molar-refractivity contribution in [3.05, 3.63) is 77.1 Å². The topological polar surface area (TPSA) is 88.9 Å². The van der Waals surface area contributed by atoms with Crippen LogP contribution >= 0.6 is 35.0 Å². The highest BCUT2D eigenvalue weighted by molar-refractivity contribution is 7.99. The molecule has 0 unspecified atom stereocenters. The number of halogens is 2. The van der Waals surface area contributed by atoms with E-state index in [1.165, 1.54) is 11.8 Å². The predicted octanol–water partition coefficient (Wildman–Crippen LogP) is 4.68. The third-order valence-electron chi connectivity index (χ3n) is 4.01. The van der Waals surface area contributed by atoms with E-state index in [9.17, 15) is 9.59 Å². The van der Waals surface area contributed by atoms with Gasteiger partial charge in [-0.2, -0.15) is 0 Å². The molecule has 7 nitrogen and oxygen atoms in total. The molecule has 1 aromatic heterocycles. The summed E-state index contributed by atoms with van der Waals surface area (Å²) in [5.74, 6) is 0.182. The zero-order valence-corrected chi connectivity index (χ0v) is 18.7. The van der Waals surface area contributed by atoms with Gasteiger partial charge in [-0.05, 0) is 48.5 Å². The summed E-state index contributed by atoms with van der Waals surface area (Å²) in [5, 5.41) is 15.5. The average molecular weight is 476 g/mol. The highest BCUT2D eigenvalue weighted by atomic mass is 35.5. The molecule has 0 spiro atoms. The number of rotatable bonds is 9. The maximum Gasteiger partial charge on any atom is 0.234 e. The van der Waals surface area contributed by atoms with Gasteiger partial charge < -0.3 is 15.2 Å². The molecular weight excluding hydrogens is 457 g/mol. The number of hydrogen-bond donors (Lipinski definition) is 2. The Bertz CT molecular complexity index is 1070. The molecule has 0 aliphatic carbocycles. The average Bonchev–Trinajstić information content (AvgIpc) is 3.11. The second-order valence-electron chi connectivity index (χ2n) is 6.37. The van der Waals surface area contributed by atoms with Gasteiger partial charge >= 0.3 is 0 Å². The molecule has 2 amide bonds. The lowest BCUT2D eigenvalue weighted by Gasteiger charge is -2.09. The van der Waals surface area contributed by atoms with Gasteiger partial charge in [-0.3, -0.25) is 9.59 Å². The number of benzene rings is 2. The Kier molecular flexibility index (Phi) is 8.11. The third kappa shape index (κ3) is 6.85. The van der Waals surface area contributed by atoms with Crippen molar-refractivity contribution in [3.63, 3.8) is 0 Å². The second kappa shape index (κ2) is 11.0. The Morgan fingerprint density at radius 2 is 1.48 bits per heavy atom. The quantitative estimate of drug-likeness (QED) is 0.346. The van der Waals surface area contributed by atoms with E-state index in [1.807, 2.05) is 0 Å². The molecule has 2 N–H and O–H groups in total. The van der Waals surface area contributed by atoms with Crippen molar-refractivity contribution in [1.29, 1.82) is 0 Å². The monoisotopic (exact) mass is 475 g/mol. The van der Waals surface area contributed by atoms with Crippen LogP contribution in [0.4, 0.5) is 11.4 Å². The van der Waals surface area contributed by atoms with Crippen LogP contribution in [0.1, 0.15) is 5.82 Å². The first-order valence-electron chi connectivity index (χ1n) is 9.21. The zero-order valence-electron chi connectivity index (χ0n) is 16.3. The lowest BCUT2D eigenvalue weighted by Crippen LogP contribution is -2.18. The molecule has 1 heterocycles. The minimum absolute atomic E-state index is 0.0288. The summed E-state index contributed by atoms with van der Waals surface area (Å²) in [5.41, 5.74) is 1.29. The van der Waals surface area contributed by atoms with Gasteiger partial charge in [0.25, 0.3) is 0 Å². The number of nitrogens with one attached hydrogen (secondary N) is 2. The van der Waals surface area contributed by atoms with Crippen LogP contribution < -0.4 is 10.6 Å². The van der Waals surface area contributed by atoms with Crippen molar-refractivity contribution in [2.75, 3.05) is 16.4 Å². The molecule has 0 bridgehead atoms. The Hall–Kier alpha value is -2.81. The summed E-state index contributed by atoms with van der Waals surface area (Å²) < 4.78 is 1.76. The maximum absolute atomic E-state index is 12.4. The first kappa shape index (κ1) is 22.9. The molecular formula is C21H19Cl2N5O2S. The molecule has 0 radical (unpaired) electrons. The van der Waals surface area contributed by atoms with E-state index in [2.05, 4.69) is 27.4 Å². The van der Waals surface area contributed by atoms with Crippen LogP contribution in [-0.2, 0) is 22.6 Å². The SMILES string of the molecule is C=CCn1c(CC(=O)Nc2ccc(Cl)cc2)nnc1SCC(=O)Nc1ccc(Cl)cc1. The van der Waals surface area contributed by atoms with Gasteiger partial charge in [0.1, 0.15) is 5.82 Å². The van der Waals surface area contributed by atoms with E-state index >= 15 is 0 Å². The number of carbonyl (C=O) groups is 2. The second-order valence-corrected chi connectivity index (χ2v) is 8.19. The molecule has 2 aromatic carbocycles. The smallest absolute Gasteiger partial charge is 0.234 e. The number of aromatic nitrogens is 3. The largest absolute Gasteiger partial charge is 0.326 e. The van der Waals surface area contributed by atoms with Crippen molar-refractivity contribution >= 4 is 58.2 Å². The molecule has 0 atom stereocenters. The van der Waals surface area contributed by atoms with E-state index in [1.54, 1.807) is 59.2 Å². The fourth-order valence-corrected chi connectivity index (χ4v) is 3.63. The lowest BCUT2D eigenvalue weighted by molar-refractivity contribution is -0.116. The number of nitrogens with zero attached hydrogens (tertiary/aromatic N) is 3. The number of carbonyl (C=O) groups excluding carboxylic acids is 2. The minimum Gasteiger partial charge on any atom is -0.326 e. The molecule has 0 saturated carbocycles. The van der Waals surface area contributed by atoms with Gasteiger partial charge in [0.15, 0.2) is 5.16 Å². The minimum atomic E-state index is -0.239. The summed E-state index contributed by atoms with van der Waals surface area (Å²) in [7, 11) is 0. The van der Waals surface area contributed by atoms with Crippen molar-refractivity contribution < 1.29 is 9.59 Å². The molecule has 160 valence electrons. The third-order valence-corrected chi connectivity index (χ3v) is 5.48. The van der Waals surface area contributed by atoms with Gasteiger partial charge in [-0.25, -0.2) is 0 Å². The highest BCUT2D eigenvalue weighted by Crippen LogP contribution is 2.20. The molecule has 31 heavy (non-hydrogen) atoms. The first-order chi connectivity index (χ1) is 14.9. The number of allylic oxidation sites excluding steroid dienone is 1. The van der Waals surface area contributed by atoms with E-state index in [0.29, 0.717) is 38.9 Å². The zero-order chi connectivity index (χ0) is 22.2. The van der Waals surface area contributed by atoms with Gasteiger partial charge in [0.05, 0.1) is 12.2 Å². The predicted molar refractivity (Wildman–Crippen MR) is 125 cm³/mol. The summed E-state index contributed by atoms with van der Waals surface area (Å²) in [6, 6.07) is 13.7. The molecule has 0 saturated heterocycles. The van der Waals surface area contributed by atoms with Crippen LogP contribution in [0.2, 0.25) is 10.0 Å². The van der Waals surface area contributed by atoms with Crippen molar-refractivity contribution in [3.8, 4) is 0 Å². The molecule has 10 heteroatoms. The Balaban J connectivity index is 1.60. The summed E-state index contributed by atoms with van der Waals surface area (Å²) in [6.07, 6.45) is 1.71. The summed E-state index contributed by atoms with van der Waals surface area (Å²) >= 11 is 12.9. The molecule has 0 aliphatic heterocycles. The number of anilines is 2. The summed E-state index contributed by atoms with van der Waals surface area (Å²) in [6.45, 7) is 4.16. The van der Waals surface area contributed by atoms with Gasteiger partial charge in [0, 0.05) is 28.0 Å². The summed E-state index contributed by atoms with van der Waals surface area (Å²) in [4.78, 5) is 24.6. The van der Waals surface area contributed by atoms with Crippen LogP contribution in [-0.4, -0.2) is 32.3 Å². The van der Waals surface area contributed by atoms with Crippen LogP contribution in [0.25, 0.3) is 0 Å². The van der Waals surface area contributed by atoms with Gasteiger partial charge in [0.2, 0.25) is 11.8 Å². The van der Waals surface area contributed by atoms with Crippen LogP contribution in [0.5, 0.6) is 0 Å². The number of hydrogen-bond acceptors (Lipinski definition) is 5. The first-order valence-corrected chi connectivity index (χ1v) is 11.0. The number of amides is 2. The number of thioether (sulfide) groups is 1. The van der Waals surface area contributed by atoms with E-state index in [4.69, 9.17) is 23.2 Å². The van der Waals surface area contributed by atoms with Crippen LogP contribution in [0, 0.1) is 0 Å². The molecule has 0 aliphatic rings. The maximum atomic E-state index is 12.4. The Labute approximate surface area is 193 Å². The van der Waals surface area contributed by atoms with E-state index < -0.39 is 0 Å². The van der Waals surface area contributed by atoms with E-state index in [0.717, 1.165) is 0 Å². The molecule has 3 rings (SSSR count). The standard InChI is InChI=1S/C21H19Cl2N5O2S/c1-2-11-28-18(12-19(29)24-16-7-3-14(22)4-8-16)26-27-21(28)31-13-20(30)25-17-9-5-15(23)6-10-17/h2-10H,1,11-13H2,(H,24,29)(H,25,30). The van der Waals surface area contributed by atoms with Crippen LogP contribution in [0.15, 0.2) is 66.3 Å². The Morgan fingerprint density at radius 3 is 2.03 bits per heavy atom. The molecule has 0 fully saturated rings. The van der Waals surface area contributed by atoms with Crippen molar-refractivity contribution in [2.24, 2.45) is 0 Å². The van der Waals surface area contributed by atoms with E-state index in [-0.39, 0.29) is 24.0 Å². The highest BCUT2D eigenvalue weighted by Gasteiger charge is 2.16. The fourth-order valence-electron chi connectivity index (χ4n) is 2.61. The normalized spacial score (nSPS) is 10.5. The van der Waals surface area contributed by atoms with Gasteiger partial charge in [-0.15, -0.1) is 16.8 Å². The van der Waals surface area contributed by atoms with Crippen LogP contribution in [0.3, 0.4) is 0 Å².